The van der Waals surface area contributed by atoms with Crippen molar-refractivity contribution in [3.63, 3.8) is 0 Å². The van der Waals surface area contributed by atoms with Crippen LogP contribution in [0.15, 0.2) is 12.2 Å². The molecule has 0 atom stereocenters. The van der Waals surface area contributed by atoms with Gasteiger partial charge in [-0.15, -0.1) is 0 Å². The van der Waals surface area contributed by atoms with E-state index in [0.717, 1.165) is 12.8 Å². The summed E-state index contributed by atoms with van der Waals surface area (Å²) in [4.78, 5) is 10.9. The molecule has 0 aromatic rings. The normalized spacial score (nSPS) is 8.33. The number of ketones is 1. The summed E-state index contributed by atoms with van der Waals surface area (Å²) in [5.74, 6) is 0.216. The van der Waals surface area contributed by atoms with Crippen molar-refractivity contribution in [3.8, 4) is 0 Å². The van der Waals surface area contributed by atoms with E-state index < -0.39 is 0 Å². The Morgan fingerprint density at radius 2 is 1.75 bits per heavy atom. The van der Waals surface area contributed by atoms with E-state index in [1.54, 1.807) is 6.92 Å². The fourth-order valence-corrected chi connectivity index (χ4v) is 0.749. The van der Waals surface area contributed by atoms with Crippen LogP contribution >= 0.6 is 0 Å². The quantitative estimate of drug-likeness (QED) is 0.454. The topological polar surface area (TPSA) is 17.1 Å². The van der Waals surface area contributed by atoms with Crippen molar-refractivity contribution in [1.82, 2.24) is 0 Å². The molecule has 0 aliphatic rings. The third-order valence-electron chi connectivity index (χ3n) is 1.48. The lowest BCUT2D eigenvalue weighted by molar-refractivity contribution is -0.115. The molecule has 0 fully saturated rings. The minimum atomic E-state index is 0.216. The molecular formula is C11H22O. The van der Waals surface area contributed by atoms with Crippen LogP contribution in [0.5, 0.6) is 0 Å². The third kappa shape index (κ3) is 9.41. The SMILES string of the molecule is C=C(C)C(=O)CCCCC.CC. The van der Waals surface area contributed by atoms with Gasteiger partial charge < -0.3 is 0 Å². The molecule has 0 N–H and O–H groups in total. The van der Waals surface area contributed by atoms with Gasteiger partial charge in [0.25, 0.3) is 0 Å². The Labute approximate surface area is 76.9 Å². The van der Waals surface area contributed by atoms with Crippen molar-refractivity contribution in [2.24, 2.45) is 0 Å². The second-order valence-corrected chi connectivity index (χ2v) is 2.66. The molecule has 0 unspecified atom stereocenters. The molecule has 72 valence electrons. The van der Waals surface area contributed by atoms with Crippen molar-refractivity contribution < 1.29 is 4.79 Å². The van der Waals surface area contributed by atoms with Crippen molar-refractivity contribution in [2.75, 3.05) is 0 Å². The van der Waals surface area contributed by atoms with Crippen LogP contribution < -0.4 is 0 Å². The van der Waals surface area contributed by atoms with Gasteiger partial charge in [0.15, 0.2) is 5.78 Å². The Kier molecular flexibility index (Phi) is 12.1. The van der Waals surface area contributed by atoms with Crippen molar-refractivity contribution >= 4 is 5.78 Å². The summed E-state index contributed by atoms with van der Waals surface area (Å²) in [5.41, 5.74) is 0.691. The largest absolute Gasteiger partial charge is 0.295 e. The number of hydrogen-bond donors (Lipinski definition) is 0. The van der Waals surface area contributed by atoms with Crippen molar-refractivity contribution in [3.05, 3.63) is 12.2 Å². The van der Waals surface area contributed by atoms with E-state index in [4.69, 9.17) is 0 Å². The predicted molar refractivity (Wildman–Crippen MR) is 55.3 cm³/mol. The molecule has 0 spiro atoms. The Morgan fingerprint density at radius 1 is 1.25 bits per heavy atom. The summed E-state index contributed by atoms with van der Waals surface area (Å²) < 4.78 is 0. The lowest BCUT2D eigenvalue weighted by atomic mass is 10.1. The smallest absolute Gasteiger partial charge is 0.157 e. The second kappa shape index (κ2) is 10.4. The van der Waals surface area contributed by atoms with Gasteiger partial charge in [-0.2, -0.15) is 0 Å². The number of allylic oxidation sites excluding steroid dienone is 1. The summed E-state index contributed by atoms with van der Waals surface area (Å²) in [6.45, 7) is 11.5. The second-order valence-electron chi connectivity index (χ2n) is 2.66. The molecule has 0 aliphatic carbocycles. The molecule has 0 rings (SSSR count). The average molecular weight is 170 g/mol. The Balaban J connectivity index is 0. The monoisotopic (exact) mass is 170 g/mol. The molecule has 0 radical (unpaired) electrons. The fraction of sp³-hybridized carbons (Fsp3) is 0.727. The van der Waals surface area contributed by atoms with Crippen LogP contribution in [0.25, 0.3) is 0 Å². The van der Waals surface area contributed by atoms with Crippen LogP contribution in [0.2, 0.25) is 0 Å². The van der Waals surface area contributed by atoms with Crippen LogP contribution in [0, 0.1) is 0 Å². The molecule has 0 saturated carbocycles. The van der Waals surface area contributed by atoms with Crippen molar-refractivity contribution in [1.29, 1.82) is 0 Å². The zero-order chi connectivity index (χ0) is 9.98. The summed E-state index contributed by atoms with van der Waals surface area (Å²) in [7, 11) is 0. The van der Waals surface area contributed by atoms with E-state index in [2.05, 4.69) is 13.5 Å². The maximum Gasteiger partial charge on any atom is 0.157 e. The molecule has 0 amide bonds. The zero-order valence-corrected chi connectivity index (χ0v) is 8.94. The van der Waals surface area contributed by atoms with Gasteiger partial charge in [-0.05, 0) is 18.9 Å². The summed E-state index contributed by atoms with van der Waals surface area (Å²) in [5, 5.41) is 0. The van der Waals surface area contributed by atoms with Gasteiger partial charge in [0.2, 0.25) is 0 Å². The molecule has 0 bridgehead atoms. The zero-order valence-electron chi connectivity index (χ0n) is 8.94. The Morgan fingerprint density at radius 3 is 2.08 bits per heavy atom. The van der Waals surface area contributed by atoms with Crippen LogP contribution in [0.3, 0.4) is 0 Å². The maximum absolute atomic E-state index is 10.9. The first-order valence-corrected chi connectivity index (χ1v) is 4.87. The van der Waals surface area contributed by atoms with E-state index in [9.17, 15) is 4.79 Å². The van der Waals surface area contributed by atoms with E-state index in [0.29, 0.717) is 12.0 Å². The lowest BCUT2D eigenvalue weighted by Crippen LogP contribution is -1.97. The molecule has 1 heteroatoms. The van der Waals surface area contributed by atoms with Gasteiger partial charge in [-0.3, -0.25) is 4.79 Å². The fourth-order valence-electron chi connectivity index (χ4n) is 0.749. The van der Waals surface area contributed by atoms with Gasteiger partial charge in [-0.25, -0.2) is 0 Å². The van der Waals surface area contributed by atoms with E-state index in [-0.39, 0.29) is 5.78 Å². The molecule has 0 aromatic carbocycles. The predicted octanol–water partition coefficient (Wildman–Crippen LogP) is 3.74. The summed E-state index contributed by atoms with van der Waals surface area (Å²) in [6, 6.07) is 0. The van der Waals surface area contributed by atoms with Crippen LogP contribution in [-0.2, 0) is 4.79 Å². The highest BCUT2D eigenvalue weighted by Crippen LogP contribution is 2.03. The summed E-state index contributed by atoms with van der Waals surface area (Å²) in [6.07, 6.45) is 4.02. The third-order valence-corrected chi connectivity index (χ3v) is 1.48. The number of Topliss-reactive ketones (excluding diaryl/α,β-unsaturated/α-hetero) is 1. The minimum absolute atomic E-state index is 0.216. The van der Waals surface area contributed by atoms with E-state index in [1.165, 1.54) is 6.42 Å². The van der Waals surface area contributed by atoms with Gasteiger partial charge in [0.05, 0.1) is 0 Å². The van der Waals surface area contributed by atoms with Gasteiger partial charge >= 0.3 is 0 Å². The van der Waals surface area contributed by atoms with Crippen molar-refractivity contribution in [2.45, 2.75) is 53.4 Å². The average Bonchev–Trinajstić information content (AvgIpc) is 2.08. The van der Waals surface area contributed by atoms with Gasteiger partial charge in [-0.1, -0.05) is 40.2 Å². The molecule has 1 nitrogen and oxygen atoms in total. The van der Waals surface area contributed by atoms with Gasteiger partial charge in [0.1, 0.15) is 0 Å². The number of hydrogen-bond acceptors (Lipinski definition) is 1. The Hall–Kier alpha value is -0.590. The highest BCUT2D eigenvalue weighted by Gasteiger charge is 1.99. The van der Waals surface area contributed by atoms with Crippen LogP contribution in [-0.4, -0.2) is 5.78 Å². The van der Waals surface area contributed by atoms with Crippen LogP contribution in [0.1, 0.15) is 53.4 Å². The summed E-state index contributed by atoms with van der Waals surface area (Å²) >= 11 is 0. The number of unbranched alkanes of at least 4 members (excludes halogenated alkanes) is 2. The van der Waals surface area contributed by atoms with E-state index in [1.807, 2.05) is 13.8 Å². The molecular weight excluding hydrogens is 148 g/mol. The van der Waals surface area contributed by atoms with E-state index >= 15 is 0 Å². The molecule has 0 aliphatic heterocycles. The molecule has 0 saturated heterocycles. The Bertz CT molecular complexity index is 125. The minimum Gasteiger partial charge on any atom is -0.295 e. The molecule has 12 heavy (non-hydrogen) atoms. The first kappa shape index (κ1) is 14.0. The molecule has 0 heterocycles. The first-order chi connectivity index (χ1) is 5.68. The highest BCUT2D eigenvalue weighted by atomic mass is 16.1. The highest BCUT2D eigenvalue weighted by molar-refractivity contribution is 5.93. The number of carbonyl (C=O) groups excluding carboxylic acids is 1. The standard InChI is InChI=1S/C9H16O.C2H6/c1-4-5-6-7-9(10)8(2)3;1-2/h2,4-7H2,1,3H3;1-2H3. The van der Waals surface area contributed by atoms with Crippen LogP contribution in [0.4, 0.5) is 0 Å². The maximum atomic E-state index is 10.9. The van der Waals surface area contributed by atoms with Gasteiger partial charge in [0, 0.05) is 6.42 Å². The first-order valence-electron chi connectivity index (χ1n) is 4.87. The number of carbonyl (C=O) groups is 1. The molecule has 0 aromatic heterocycles. The number of rotatable bonds is 5. The lowest BCUT2D eigenvalue weighted by Gasteiger charge is -1.96.